The Balaban J connectivity index is 0.965. The Hall–Kier alpha value is -8.18. The zero-order chi connectivity index (χ0) is 44.3. The van der Waals surface area contributed by atoms with Crippen molar-refractivity contribution in [1.82, 2.24) is 0 Å². The molecule has 0 radical (unpaired) electrons. The second-order valence-electron chi connectivity index (χ2n) is 15.0. The van der Waals surface area contributed by atoms with Crippen molar-refractivity contribution in [2.45, 2.75) is 24.8 Å². The lowest BCUT2D eigenvalue weighted by Gasteiger charge is -2.34. The maximum Gasteiger partial charge on any atom is 0.416 e. The molecule has 8 nitrogen and oxygen atoms in total. The Bertz CT molecular complexity index is 2930. The lowest BCUT2D eigenvalue weighted by atomic mass is 9.68. The maximum atomic E-state index is 13.4. The highest BCUT2D eigenvalue weighted by Gasteiger charge is 2.46. The standard InChI is InChI=1S/C53H36F3NO7/c54-53(55,56)46-15-7-4-12-37(46)34-62-51(58)36-18-24-40(25-19-36)63-41-26-20-38(21-27-41)52(47-16-8-5-13-44(47)45-14-6-9-17-48(45)52)39-22-28-42(29-23-39)64-43-30-31-49(57(59)60)50(32-43)61-33-35-10-2-1-3-11-35/h1-32H,33-34H2. The monoisotopic (exact) mass is 855 g/mol. The number of nitrogens with zero attached hydrogens (tertiary/aromatic N) is 1. The summed E-state index contributed by atoms with van der Waals surface area (Å²) in [4.78, 5) is 24.1. The van der Waals surface area contributed by atoms with Crippen molar-refractivity contribution >= 4 is 11.7 Å². The summed E-state index contributed by atoms with van der Waals surface area (Å²) < 4.78 is 63.8. The van der Waals surface area contributed by atoms with E-state index >= 15 is 0 Å². The average molecular weight is 856 g/mol. The fourth-order valence-electron chi connectivity index (χ4n) is 8.21. The average Bonchev–Trinajstić information content (AvgIpc) is 3.62. The van der Waals surface area contributed by atoms with Gasteiger partial charge < -0.3 is 18.9 Å². The number of carbonyl (C=O) groups is 1. The molecule has 9 rings (SSSR count). The fourth-order valence-corrected chi connectivity index (χ4v) is 8.21. The SMILES string of the molecule is O=C(OCc1ccccc1C(F)(F)F)c1ccc(Oc2ccc(C3(c4ccc(Oc5ccc([N+](=O)[O-])c(OCc6ccccc6)c5)cc4)c4ccccc4-c4ccccc43)cc2)cc1. The van der Waals surface area contributed by atoms with Gasteiger partial charge in [0.25, 0.3) is 0 Å². The van der Waals surface area contributed by atoms with Gasteiger partial charge in [-0.1, -0.05) is 121 Å². The van der Waals surface area contributed by atoms with Gasteiger partial charge in [-0.25, -0.2) is 4.79 Å². The van der Waals surface area contributed by atoms with Gasteiger partial charge in [0.2, 0.25) is 5.75 Å². The molecule has 8 aromatic carbocycles. The van der Waals surface area contributed by atoms with E-state index in [1.807, 2.05) is 103 Å². The maximum absolute atomic E-state index is 13.4. The van der Waals surface area contributed by atoms with Gasteiger partial charge in [-0.2, -0.15) is 13.2 Å². The van der Waals surface area contributed by atoms with E-state index in [1.54, 1.807) is 18.2 Å². The molecule has 11 heteroatoms. The third-order valence-electron chi connectivity index (χ3n) is 11.1. The summed E-state index contributed by atoms with van der Waals surface area (Å²) in [5.41, 5.74) is 5.50. The van der Waals surface area contributed by atoms with Crippen LogP contribution in [0, 0.1) is 10.1 Å². The molecular weight excluding hydrogens is 820 g/mol. The number of nitro groups is 1. The van der Waals surface area contributed by atoms with Crippen LogP contribution < -0.4 is 14.2 Å². The quantitative estimate of drug-likeness (QED) is 0.0647. The van der Waals surface area contributed by atoms with Crippen LogP contribution in [0.25, 0.3) is 11.1 Å². The smallest absolute Gasteiger partial charge is 0.416 e. The number of halogens is 3. The van der Waals surface area contributed by atoms with Gasteiger partial charge in [-0.15, -0.1) is 0 Å². The van der Waals surface area contributed by atoms with Crippen molar-refractivity contribution in [3.63, 3.8) is 0 Å². The van der Waals surface area contributed by atoms with E-state index in [9.17, 15) is 28.1 Å². The summed E-state index contributed by atoms with van der Waals surface area (Å²) in [6, 6.07) is 57.3. The molecule has 0 aromatic heterocycles. The Morgan fingerprint density at radius 2 is 1.06 bits per heavy atom. The molecule has 0 N–H and O–H groups in total. The summed E-state index contributed by atoms with van der Waals surface area (Å²) >= 11 is 0. The van der Waals surface area contributed by atoms with Gasteiger partial charge in [0.1, 0.15) is 36.2 Å². The molecule has 0 heterocycles. The van der Waals surface area contributed by atoms with Crippen molar-refractivity contribution in [1.29, 1.82) is 0 Å². The van der Waals surface area contributed by atoms with Crippen LogP contribution in [0.1, 0.15) is 49.3 Å². The number of benzene rings is 8. The zero-order valence-corrected chi connectivity index (χ0v) is 33.8. The van der Waals surface area contributed by atoms with Crippen molar-refractivity contribution < 1.29 is 41.8 Å². The molecule has 0 amide bonds. The minimum Gasteiger partial charge on any atom is -0.482 e. The molecule has 0 fully saturated rings. The van der Waals surface area contributed by atoms with Crippen LogP contribution in [0.15, 0.2) is 194 Å². The summed E-state index contributed by atoms with van der Waals surface area (Å²) in [5.74, 6) is 1.21. The van der Waals surface area contributed by atoms with E-state index < -0.39 is 34.7 Å². The molecule has 316 valence electrons. The first kappa shape index (κ1) is 41.2. The largest absolute Gasteiger partial charge is 0.482 e. The first-order valence-corrected chi connectivity index (χ1v) is 20.2. The van der Waals surface area contributed by atoms with Crippen LogP contribution in [0.3, 0.4) is 0 Å². The molecule has 0 unspecified atom stereocenters. The first-order valence-electron chi connectivity index (χ1n) is 20.2. The minimum absolute atomic E-state index is 0.0957. The molecule has 1 aliphatic rings. The van der Waals surface area contributed by atoms with E-state index in [0.29, 0.717) is 23.0 Å². The topological polar surface area (TPSA) is 97.1 Å². The van der Waals surface area contributed by atoms with Gasteiger partial charge in [0.05, 0.1) is 21.5 Å². The number of esters is 1. The summed E-state index contributed by atoms with van der Waals surface area (Å²) in [5, 5.41) is 11.8. The summed E-state index contributed by atoms with van der Waals surface area (Å²) in [6.07, 6.45) is -4.57. The van der Waals surface area contributed by atoms with Gasteiger partial charge in [0.15, 0.2) is 0 Å². The first-order chi connectivity index (χ1) is 31.1. The second-order valence-corrected chi connectivity index (χ2v) is 15.0. The highest BCUT2D eigenvalue weighted by molar-refractivity contribution is 5.89. The molecule has 0 atom stereocenters. The third-order valence-corrected chi connectivity index (χ3v) is 11.1. The predicted molar refractivity (Wildman–Crippen MR) is 235 cm³/mol. The van der Waals surface area contributed by atoms with Gasteiger partial charge in [-0.05, 0) is 99.6 Å². The second kappa shape index (κ2) is 17.3. The number of fused-ring (bicyclic) bond motifs is 3. The minimum atomic E-state index is -4.57. The van der Waals surface area contributed by atoms with Crippen molar-refractivity contribution in [3.8, 4) is 39.9 Å². The number of nitro benzene ring substituents is 1. The molecule has 0 spiro atoms. The zero-order valence-electron chi connectivity index (χ0n) is 33.8. The van der Waals surface area contributed by atoms with Gasteiger partial charge in [0, 0.05) is 17.7 Å². The number of alkyl halides is 3. The summed E-state index contributed by atoms with van der Waals surface area (Å²) in [7, 11) is 0. The molecular formula is C53H36F3NO7. The van der Waals surface area contributed by atoms with Gasteiger partial charge in [-0.3, -0.25) is 10.1 Å². The Labute approximate surface area is 365 Å². The lowest BCUT2D eigenvalue weighted by Crippen LogP contribution is -2.28. The molecule has 64 heavy (non-hydrogen) atoms. The highest BCUT2D eigenvalue weighted by Crippen LogP contribution is 2.56. The normalized spacial score (nSPS) is 12.4. The van der Waals surface area contributed by atoms with E-state index in [2.05, 4.69) is 24.3 Å². The van der Waals surface area contributed by atoms with Crippen LogP contribution in [-0.4, -0.2) is 10.9 Å². The van der Waals surface area contributed by atoms with Crippen LogP contribution in [0.4, 0.5) is 18.9 Å². The molecule has 8 aromatic rings. The molecule has 0 aliphatic heterocycles. The number of hydrogen-bond donors (Lipinski definition) is 0. The predicted octanol–water partition coefficient (Wildman–Crippen LogP) is 13.5. The Morgan fingerprint density at radius 1 is 0.562 bits per heavy atom. The van der Waals surface area contributed by atoms with Crippen LogP contribution in [0.2, 0.25) is 0 Å². The van der Waals surface area contributed by atoms with Crippen LogP contribution in [0.5, 0.6) is 28.7 Å². The van der Waals surface area contributed by atoms with Crippen molar-refractivity contribution in [2.24, 2.45) is 0 Å². The number of carbonyl (C=O) groups excluding carboxylic acids is 1. The summed E-state index contributed by atoms with van der Waals surface area (Å²) in [6.45, 7) is -0.372. The molecule has 1 aliphatic carbocycles. The van der Waals surface area contributed by atoms with E-state index in [1.165, 1.54) is 42.5 Å². The Kier molecular flexibility index (Phi) is 11.1. The fraction of sp³-hybridized carbons (Fsp3) is 0.0755. The van der Waals surface area contributed by atoms with Crippen LogP contribution in [-0.2, 0) is 29.5 Å². The molecule has 0 bridgehead atoms. The van der Waals surface area contributed by atoms with E-state index in [4.69, 9.17) is 18.9 Å². The number of ether oxygens (including phenoxy) is 4. The number of hydrogen-bond acceptors (Lipinski definition) is 7. The van der Waals surface area contributed by atoms with Crippen LogP contribution >= 0.6 is 0 Å². The van der Waals surface area contributed by atoms with Crippen molar-refractivity contribution in [2.75, 3.05) is 0 Å². The molecule has 0 saturated carbocycles. The molecule has 0 saturated heterocycles. The van der Waals surface area contributed by atoms with Crippen molar-refractivity contribution in [3.05, 3.63) is 249 Å². The number of rotatable bonds is 13. The van der Waals surface area contributed by atoms with E-state index in [-0.39, 0.29) is 29.2 Å². The lowest BCUT2D eigenvalue weighted by molar-refractivity contribution is -0.386. The Morgan fingerprint density at radius 3 is 1.64 bits per heavy atom. The van der Waals surface area contributed by atoms with Gasteiger partial charge >= 0.3 is 17.8 Å². The third kappa shape index (κ3) is 8.14. The van der Waals surface area contributed by atoms with E-state index in [0.717, 1.165) is 45.0 Å². The highest BCUT2D eigenvalue weighted by atomic mass is 19.4.